The van der Waals surface area contributed by atoms with E-state index in [9.17, 15) is 4.79 Å². The van der Waals surface area contributed by atoms with Gasteiger partial charge in [0.05, 0.1) is 5.69 Å². The first-order valence-electron chi connectivity index (χ1n) is 8.77. The van der Waals surface area contributed by atoms with Crippen molar-refractivity contribution in [3.63, 3.8) is 0 Å². The Kier molecular flexibility index (Phi) is 5.30. The third-order valence-corrected chi connectivity index (χ3v) is 4.59. The molecule has 1 aromatic carbocycles. The molecule has 1 N–H and O–H groups in total. The van der Waals surface area contributed by atoms with Crippen molar-refractivity contribution in [2.24, 2.45) is 7.05 Å². The Morgan fingerprint density at radius 2 is 2.08 bits per heavy atom. The molecule has 24 heavy (non-hydrogen) atoms. The summed E-state index contributed by atoms with van der Waals surface area (Å²) in [6, 6.07) is 10.5. The molecule has 3 rings (SSSR count). The van der Waals surface area contributed by atoms with Crippen molar-refractivity contribution >= 4 is 5.91 Å². The Balaban J connectivity index is 1.49. The molecule has 1 aromatic heterocycles. The average Bonchev–Trinajstić information content (AvgIpc) is 2.95. The minimum atomic E-state index is -0.0373. The van der Waals surface area contributed by atoms with Crippen LogP contribution in [-0.2, 0) is 26.4 Å². The summed E-state index contributed by atoms with van der Waals surface area (Å²) in [7, 11) is 1.83. The molecule has 0 saturated heterocycles. The van der Waals surface area contributed by atoms with Crippen LogP contribution in [0.4, 0.5) is 0 Å². The molecular formula is C19H26N4O. The van der Waals surface area contributed by atoms with Gasteiger partial charge in [-0.2, -0.15) is 5.10 Å². The van der Waals surface area contributed by atoms with Crippen LogP contribution in [0.3, 0.4) is 0 Å². The van der Waals surface area contributed by atoms with Crippen molar-refractivity contribution in [2.45, 2.75) is 32.7 Å². The van der Waals surface area contributed by atoms with Gasteiger partial charge in [-0.1, -0.05) is 37.6 Å². The van der Waals surface area contributed by atoms with Gasteiger partial charge in [-0.15, -0.1) is 0 Å². The van der Waals surface area contributed by atoms with E-state index in [-0.39, 0.29) is 5.91 Å². The van der Waals surface area contributed by atoms with Crippen LogP contribution in [0.15, 0.2) is 30.3 Å². The molecule has 2 aromatic rings. The molecule has 0 unspecified atom stereocenters. The normalized spacial score (nSPS) is 14.4. The molecule has 0 aliphatic carbocycles. The molecule has 0 bridgehead atoms. The number of hydrogen-bond donors (Lipinski definition) is 1. The maximum absolute atomic E-state index is 12.3. The van der Waals surface area contributed by atoms with E-state index in [1.54, 1.807) is 4.68 Å². The molecule has 0 saturated carbocycles. The van der Waals surface area contributed by atoms with E-state index in [1.807, 2.05) is 13.1 Å². The van der Waals surface area contributed by atoms with Gasteiger partial charge in [0, 0.05) is 33.2 Å². The number of nitrogens with one attached hydrogen (secondary N) is 1. The van der Waals surface area contributed by atoms with Crippen molar-refractivity contribution in [1.82, 2.24) is 20.0 Å². The van der Waals surface area contributed by atoms with Crippen LogP contribution < -0.4 is 5.32 Å². The number of amides is 1. The van der Waals surface area contributed by atoms with Gasteiger partial charge in [0.1, 0.15) is 5.69 Å². The number of rotatable bonds is 6. The van der Waals surface area contributed by atoms with Crippen LogP contribution in [0.5, 0.6) is 0 Å². The van der Waals surface area contributed by atoms with Crippen LogP contribution in [-0.4, -0.2) is 40.2 Å². The lowest BCUT2D eigenvalue weighted by atomic mass is 10.00. The van der Waals surface area contributed by atoms with E-state index in [0.29, 0.717) is 12.2 Å². The molecule has 5 nitrogen and oxygen atoms in total. The van der Waals surface area contributed by atoms with E-state index in [4.69, 9.17) is 0 Å². The van der Waals surface area contributed by atoms with Gasteiger partial charge >= 0.3 is 0 Å². The van der Waals surface area contributed by atoms with E-state index >= 15 is 0 Å². The zero-order valence-corrected chi connectivity index (χ0v) is 14.6. The smallest absolute Gasteiger partial charge is 0.269 e. The lowest BCUT2D eigenvalue weighted by molar-refractivity contribution is 0.0938. The van der Waals surface area contributed by atoms with Gasteiger partial charge in [-0.05, 0) is 30.0 Å². The van der Waals surface area contributed by atoms with E-state index < -0.39 is 0 Å². The van der Waals surface area contributed by atoms with Gasteiger partial charge in [0.2, 0.25) is 0 Å². The zero-order valence-electron chi connectivity index (χ0n) is 14.6. The van der Waals surface area contributed by atoms with Crippen LogP contribution in [0, 0.1) is 0 Å². The summed E-state index contributed by atoms with van der Waals surface area (Å²) in [6.07, 6.45) is 3.04. The summed E-state index contributed by atoms with van der Waals surface area (Å²) in [5.41, 5.74) is 4.49. The van der Waals surface area contributed by atoms with Gasteiger partial charge in [0.25, 0.3) is 5.91 Å². The Labute approximate surface area is 143 Å². The molecular weight excluding hydrogens is 300 g/mol. The highest BCUT2D eigenvalue weighted by Crippen LogP contribution is 2.17. The van der Waals surface area contributed by atoms with Crippen LogP contribution in [0.2, 0.25) is 0 Å². The molecule has 0 spiro atoms. The Bertz CT molecular complexity index is 707. The first-order valence-corrected chi connectivity index (χ1v) is 8.77. The van der Waals surface area contributed by atoms with Gasteiger partial charge in [0.15, 0.2) is 0 Å². The van der Waals surface area contributed by atoms with Gasteiger partial charge in [-0.3, -0.25) is 14.4 Å². The fourth-order valence-corrected chi connectivity index (χ4v) is 3.28. The fraction of sp³-hybridized carbons (Fsp3) is 0.474. The highest BCUT2D eigenvalue weighted by molar-refractivity contribution is 5.92. The third-order valence-electron chi connectivity index (χ3n) is 4.59. The number of aryl methyl sites for hydroxylation is 2. The second kappa shape index (κ2) is 7.62. The molecule has 2 heterocycles. The predicted octanol–water partition coefficient (Wildman–Crippen LogP) is 2.16. The van der Waals surface area contributed by atoms with Gasteiger partial charge in [-0.25, -0.2) is 0 Å². The number of aromatic nitrogens is 2. The molecule has 128 valence electrons. The van der Waals surface area contributed by atoms with Crippen molar-refractivity contribution in [2.75, 3.05) is 19.6 Å². The zero-order chi connectivity index (χ0) is 16.9. The van der Waals surface area contributed by atoms with E-state index in [1.165, 1.54) is 11.1 Å². The quantitative estimate of drug-likeness (QED) is 0.885. The number of benzene rings is 1. The fourth-order valence-electron chi connectivity index (χ4n) is 3.28. The Morgan fingerprint density at radius 1 is 1.29 bits per heavy atom. The number of nitrogens with zero attached hydrogens (tertiary/aromatic N) is 3. The van der Waals surface area contributed by atoms with E-state index in [0.717, 1.165) is 44.6 Å². The van der Waals surface area contributed by atoms with Crippen molar-refractivity contribution in [1.29, 1.82) is 0 Å². The number of fused-ring (bicyclic) bond motifs is 1. The van der Waals surface area contributed by atoms with Gasteiger partial charge < -0.3 is 5.32 Å². The summed E-state index contributed by atoms with van der Waals surface area (Å²) < 4.78 is 1.68. The molecule has 0 atom stereocenters. The molecule has 1 aliphatic heterocycles. The maximum Gasteiger partial charge on any atom is 0.269 e. The summed E-state index contributed by atoms with van der Waals surface area (Å²) in [5.74, 6) is -0.0373. The molecule has 0 radical (unpaired) electrons. The Hall–Kier alpha value is -2.14. The largest absolute Gasteiger partial charge is 0.349 e. The van der Waals surface area contributed by atoms with Crippen LogP contribution in [0.25, 0.3) is 0 Å². The topological polar surface area (TPSA) is 50.2 Å². The van der Waals surface area contributed by atoms with E-state index in [2.05, 4.69) is 46.5 Å². The minimum Gasteiger partial charge on any atom is -0.349 e. The number of carbonyl (C=O) groups is 1. The molecule has 1 aliphatic rings. The maximum atomic E-state index is 12.3. The second-order valence-corrected chi connectivity index (χ2v) is 6.45. The highest BCUT2D eigenvalue weighted by atomic mass is 16.2. The molecule has 0 fully saturated rings. The summed E-state index contributed by atoms with van der Waals surface area (Å²) in [5, 5.41) is 7.41. The summed E-state index contributed by atoms with van der Waals surface area (Å²) in [6.45, 7) is 5.68. The monoisotopic (exact) mass is 326 g/mol. The lowest BCUT2D eigenvalue weighted by Gasteiger charge is -2.28. The number of carbonyl (C=O) groups excluding carboxylic acids is 1. The predicted molar refractivity (Wildman–Crippen MR) is 95.0 cm³/mol. The summed E-state index contributed by atoms with van der Waals surface area (Å²) >= 11 is 0. The molecule has 1 amide bonds. The second-order valence-electron chi connectivity index (χ2n) is 6.45. The first-order chi connectivity index (χ1) is 11.7. The van der Waals surface area contributed by atoms with Crippen LogP contribution >= 0.6 is 0 Å². The van der Waals surface area contributed by atoms with Crippen molar-refractivity contribution < 1.29 is 4.79 Å². The SMILES string of the molecule is CCCc1cc(C(=O)NCCN2CCc3ccccc3C2)n(C)n1. The average molecular weight is 326 g/mol. The highest BCUT2D eigenvalue weighted by Gasteiger charge is 2.16. The standard InChI is InChI=1S/C19H26N4O/c1-3-6-17-13-18(22(2)21-17)19(24)20-10-12-23-11-9-15-7-4-5-8-16(15)14-23/h4-5,7-8,13H,3,6,9-12,14H2,1-2H3,(H,20,24). The summed E-state index contributed by atoms with van der Waals surface area (Å²) in [4.78, 5) is 14.7. The first kappa shape index (κ1) is 16.7. The minimum absolute atomic E-state index is 0.0373. The lowest BCUT2D eigenvalue weighted by Crippen LogP contribution is -2.38. The van der Waals surface area contributed by atoms with Crippen molar-refractivity contribution in [3.05, 3.63) is 52.8 Å². The Morgan fingerprint density at radius 3 is 2.88 bits per heavy atom. The number of hydrogen-bond acceptors (Lipinski definition) is 3. The molecule has 5 heteroatoms. The van der Waals surface area contributed by atoms with Crippen molar-refractivity contribution in [3.8, 4) is 0 Å². The third kappa shape index (κ3) is 3.85. The van der Waals surface area contributed by atoms with Crippen LogP contribution in [0.1, 0.15) is 40.7 Å².